The molecule has 1 amide bonds. The minimum Gasteiger partial charge on any atom is -0.326 e. The van der Waals surface area contributed by atoms with E-state index in [1.165, 1.54) is 4.31 Å². The molecule has 1 aromatic carbocycles. The molecule has 1 atom stereocenters. The largest absolute Gasteiger partial charge is 0.326 e. The number of rotatable bonds is 4. The summed E-state index contributed by atoms with van der Waals surface area (Å²) >= 11 is 0. The highest BCUT2D eigenvalue weighted by Crippen LogP contribution is 2.23. The Bertz CT molecular complexity index is 753. The molecule has 0 unspecified atom stereocenters. The van der Waals surface area contributed by atoms with Crippen LogP contribution >= 0.6 is 0 Å². The average Bonchev–Trinajstić information content (AvgIpc) is 2.63. The van der Waals surface area contributed by atoms with Gasteiger partial charge in [-0.1, -0.05) is 18.2 Å². The first-order chi connectivity index (χ1) is 12.0. The van der Waals surface area contributed by atoms with Crippen molar-refractivity contribution in [3.8, 4) is 0 Å². The molecule has 1 aliphatic carbocycles. The zero-order chi connectivity index (χ0) is 17.9. The van der Waals surface area contributed by atoms with Crippen molar-refractivity contribution in [2.75, 3.05) is 38.5 Å². The Labute approximate surface area is 149 Å². The van der Waals surface area contributed by atoms with E-state index < -0.39 is 10.0 Å². The standard InChI is InChI=1S/C18H25N3O3S/c1-20-10-12-21(13-11-20)25(23,24)17-9-5-8-16(14-17)19-18(22)15-6-3-2-4-7-15/h2-3,5,8-9,14-15H,4,6-7,10-13H2,1H3,(H,19,22)/t15-/m0/s1. The maximum absolute atomic E-state index is 12.8. The van der Waals surface area contributed by atoms with E-state index in [2.05, 4.69) is 16.3 Å². The van der Waals surface area contributed by atoms with Crippen LogP contribution in [0, 0.1) is 5.92 Å². The van der Waals surface area contributed by atoms with Gasteiger partial charge in [0.15, 0.2) is 0 Å². The van der Waals surface area contributed by atoms with Crippen LogP contribution in [0.2, 0.25) is 0 Å². The molecule has 25 heavy (non-hydrogen) atoms. The highest BCUT2D eigenvalue weighted by Gasteiger charge is 2.28. The number of benzene rings is 1. The van der Waals surface area contributed by atoms with Gasteiger partial charge in [-0.3, -0.25) is 4.79 Å². The second kappa shape index (κ2) is 7.68. The topological polar surface area (TPSA) is 69.7 Å². The molecule has 1 aliphatic heterocycles. The van der Waals surface area contributed by atoms with Gasteiger partial charge >= 0.3 is 0 Å². The van der Waals surface area contributed by atoms with E-state index in [0.717, 1.165) is 32.4 Å². The predicted octanol–water partition coefficient (Wildman–Crippen LogP) is 1.92. The lowest BCUT2D eigenvalue weighted by Gasteiger charge is -2.31. The normalized spacial score (nSPS) is 22.7. The Kier molecular flexibility index (Phi) is 5.56. The van der Waals surface area contributed by atoms with Crippen LogP contribution in [0.4, 0.5) is 5.69 Å². The minimum absolute atomic E-state index is 0.0390. The predicted molar refractivity (Wildman–Crippen MR) is 97.8 cm³/mol. The van der Waals surface area contributed by atoms with Crippen LogP contribution in [0.1, 0.15) is 19.3 Å². The van der Waals surface area contributed by atoms with E-state index in [9.17, 15) is 13.2 Å². The van der Waals surface area contributed by atoms with Crippen LogP contribution in [0.15, 0.2) is 41.3 Å². The Hall–Kier alpha value is -1.70. The highest BCUT2D eigenvalue weighted by atomic mass is 32.2. The number of anilines is 1. The van der Waals surface area contributed by atoms with Crippen molar-refractivity contribution in [2.45, 2.75) is 24.2 Å². The van der Waals surface area contributed by atoms with Gasteiger partial charge in [0, 0.05) is 37.8 Å². The van der Waals surface area contributed by atoms with Crippen LogP contribution in [0.25, 0.3) is 0 Å². The highest BCUT2D eigenvalue weighted by molar-refractivity contribution is 7.89. The van der Waals surface area contributed by atoms with Crippen LogP contribution in [-0.4, -0.2) is 56.8 Å². The second-order valence-electron chi connectivity index (χ2n) is 6.71. The lowest BCUT2D eigenvalue weighted by atomic mass is 9.93. The number of likely N-dealkylation sites (N-methyl/N-ethyl adjacent to an activating group) is 1. The van der Waals surface area contributed by atoms with Crippen LogP contribution in [0.3, 0.4) is 0 Å². The molecule has 0 spiro atoms. The number of carbonyl (C=O) groups excluding carboxylic acids is 1. The van der Waals surface area contributed by atoms with Crippen molar-refractivity contribution in [3.05, 3.63) is 36.4 Å². The monoisotopic (exact) mass is 363 g/mol. The van der Waals surface area contributed by atoms with E-state index in [1.807, 2.05) is 13.1 Å². The zero-order valence-corrected chi connectivity index (χ0v) is 15.3. The van der Waals surface area contributed by atoms with Crippen molar-refractivity contribution in [2.24, 2.45) is 5.92 Å². The van der Waals surface area contributed by atoms with E-state index in [-0.39, 0.29) is 16.7 Å². The molecular formula is C18H25N3O3S. The summed E-state index contributed by atoms with van der Waals surface area (Å²) in [5.74, 6) is -0.0820. The number of piperazine rings is 1. The fourth-order valence-electron chi connectivity index (χ4n) is 3.19. The summed E-state index contributed by atoms with van der Waals surface area (Å²) in [5, 5.41) is 2.87. The fraction of sp³-hybridized carbons (Fsp3) is 0.500. The summed E-state index contributed by atoms with van der Waals surface area (Å²) in [5.41, 5.74) is 0.537. The summed E-state index contributed by atoms with van der Waals surface area (Å²) in [6.07, 6.45) is 6.61. The number of carbonyl (C=O) groups is 1. The van der Waals surface area contributed by atoms with Crippen molar-refractivity contribution in [1.29, 1.82) is 0 Å². The second-order valence-corrected chi connectivity index (χ2v) is 8.64. The number of hydrogen-bond acceptors (Lipinski definition) is 4. The first-order valence-corrected chi connectivity index (χ1v) is 10.2. The van der Waals surface area contributed by atoms with Gasteiger partial charge in [-0.2, -0.15) is 4.31 Å². The van der Waals surface area contributed by atoms with E-state index in [4.69, 9.17) is 0 Å². The third-order valence-corrected chi connectivity index (χ3v) is 6.74. The Balaban J connectivity index is 1.72. The summed E-state index contributed by atoms with van der Waals surface area (Å²) in [4.78, 5) is 14.7. The molecule has 0 aromatic heterocycles. The minimum atomic E-state index is -3.52. The number of hydrogen-bond donors (Lipinski definition) is 1. The molecule has 2 aliphatic rings. The van der Waals surface area contributed by atoms with E-state index >= 15 is 0 Å². The summed E-state index contributed by atoms with van der Waals surface area (Å²) < 4.78 is 27.2. The summed E-state index contributed by atoms with van der Waals surface area (Å²) in [7, 11) is -1.54. The smallest absolute Gasteiger partial charge is 0.243 e. The summed E-state index contributed by atoms with van der Waals surface area (Å²) in [6, 6.07) is 6.57. The van der Waals surface area contributed by atoms with Crippen LogP contribution in [0.5, 0.6) is 0 Å². The Morgan fingerprint density at radius 2 is 1.92 bits per heavy atom. The number of nitrogens with one attached hydrogen (secondary N) is 1. The fourth-order valence-corrected chi connectivity index (χ4v) is 4.66. The van der Waals surface area contributed by atoms with Crippen molar-refractivity contribution in [3.63, 3.8) is 0 Å². The average molecular weight is 363 g/mol. The number of sulfonamides is 1. The lowest BCUT2D eigenvalue weighted by Crippen LogP contribution is -2.47. The van der Waals surface area contributed by atoms with Gasteiger partial charge in [0.1, 0.15) is 0 Å². The molecule has 0 saturated carbocycles. The number of nitrogens with zero attached hydrogens (tertiary/aromatic N) is 2. The molecule has 1 saturated heterocycles. The Morgan fingerprint density at radius 1 is 1.16 bits per heavy atom. The van der Waals surface area contributed by atoms with Crippen molar-refractivity contribution in [1.82, 2.24) is 9.21 Å². The molecule has 1 heterocycles. The molecule has 1 N–H and O–H groups in total. The van der Waals surface area contributed by atoms with Gasteiger partial charge in [-0.15, -0.1) is 0 Å². The molecule has 1 aromatic rings. The molecule has 1 fully saturated rings. The molecule has 7 heteroatoms. The van der Waals surface area contributed by atoms with Gasteiger partial charge in [0.05, 0.1) is 4.90 Å². The molecule has 136 valence electrons. The van der Waals surface area contributed by atoms with Gasteiger partial charge < -0.3 is 10.2 Å². The molecule has 0 bridgehead atoms. The lowest BCUT2D eigenvalue weighted by molar-refractivity contribution is -0.120. The first kappa shape index (κ1) is 18.1. The van der Waals surface area contributed by atoms with Crippen molar-refractivity contribution >= 4 is 21.6 Å². The van der Waals surface area contributed by atoms with Crippen LogP contribution in [-0.2, 0) is 14.8 Å². The molecule has 0 radical (unpaired) electrons. The Morgan fingerprint density at radius 3 is 2.60 bits per heavy atom. The maximum atomic E-state index is 12.8. The third kappa shape index (κ3) is 4.29. The maximum Gasteiger partial charge on any atom is 0.243 e. The van der Waals surface area contributed by atoms with Crippen LogP contribution < -0.4 is 5.32 Å². The number of amides is 1. The van der Waals surface area contributed by atoms with E-state index in [1.54, 1.807) is 24.3 Å². The third-order valence-electron chi connectivity index (χ3n) is 4.84. The van der Waals surface area contributed by atoms with Crippen molar-refractivity contribution < 1.29 is 13.2 Å². The van der Waals surface area contributed by atoms with Gasteiger partial charge in [-0.25, -0.2) is 8.42 Å². The SMILES string of the molecule is CN1CCN(S(=O)(=O)c2cccc(NC(=O)[C@H]3CC=CCC3)c2)CC1. The quantitative estimate of drug-likeness (QED) is 0.830. The van der Waals surface area contributed by atoms with E-state index in [0.29, 0.717) is 18.8 Å². The van der Waals surface area contributed by atoms with Gasteiger partial charge in [0.2, 0.25) is 15.9 Å². The van der Waals surface area contributed by atoms with Gasteiger partial charge in [0.25, 0.3) is 0 Å². The van der Waals surface area contributed by atoms with Gasteiger partial charge in [-0.05, 0) is 44.5 Å². The first-order valence-electron chi connectivity index (χ1n) is 8.71. The number of allylic oxidation sites excluding steroid dienone is 2. The molecular weight excluding hydrogens is 338 g/mol. The molecule has 6 nitrogen and oxygen atoms in total. The zero-order valence-electron chi connectivity index (χ0n) is 14.5. The summed E-state index contributed by atoms with van der Waals surface area (Å²) in [6.45, 7) is 2.43. The molecule has 3 rings (SSSR count).